The smallest absolute Gasteiger partial charge is 0.342 e. The summed E-state index contributed by atoms with van der Waals surface area (Å²) in [5.41, 5.74) is 1.42. The number of phenols is 1. The Bertz CT molecular complexity index is 848. The number of benzene rings is 2. The molecule has 0 unspecified atom stereocenters. The summed E-state index contributed by atoms with van der Waals surface area (Å²) in [4.78, 5) is 24.1. The van der Waals surface area contributed by atoms with Crippen LogP contribution in [0.2, 0.25) is 0 Å². The van der Waals surface area contributed by atoms with Crippen LogP contribution in [0.4, 0.5) is 0 Å². The zero-order valence-electron chi connectivity index (χ0n) is 14.4. The average Bonchev–Trinajstić information content (AvgIpc) is 3.09. The van der Waals surface area contributed by atoms with Crippen LogP contribution < -0.4 is 14.8 Å². The van der Waals surface area contributed by atoms with Crippen LogP contribution in [0.3, 0.4) is 0 Å². The molecule has 0 bridgehead atoms. The first-order chi connectivity index (χ1) is 12.5. The van der Waals surface area contributed by atoms with Crippen LogP contribution in [0.15, 0.2) is 36.4 Å². The summed E-state index contributed by atoms with van der Waals surface area (Å²) in [7, 11) is 0. The normalized spacial score (nSPS) is 13.2. The number of amides is 1. The molecular formula is C19H19NO6. The van der Waals surface area contributed by atoms with Gasteiger partial charge >= 0.3 is 5.97 Å². The number of carbonyl (C=O) groups excluding carboxylic acids is 2. The van der Waals surface area contributed by atoms with Crippen LogP contribution >= 0.6 is 0 Å². The van der Waals surface area contributed by atoms with Gasteiger partial charge in [0.05, 0.1) is 6.04 Å². The van der Waals surface area contributed by atoms with E-state index >= 15 is 0 Å². The van der Waals surface area contributed by atoms with Crippen molar-refractivity contribution in [3.8, 4) is 17.2 Å². The lowest BCUT2D eigenvalue weighted by atomic mass is 10.1. The first-order valence-corrected chi connectivity index (χ1v) is 8.10. The van der Waals surface area contributed by atoms with E-state index in [1.165, 1.54) is 6.07 Å². The third-order valence-corrected chi connectivity index (χ3v) is 4.07. The predicted molar refractivity (Wildman–Crippen MR) is 92.2 cm³/mol. The molecule has 1 aliphatic heterocycles. The number of phenolic OH excluding ortho intramolecular Hbond substituents is 1. The summed E-state index contributed by atoms with van der Waals surface area (Å²) in [5.74, 6) is -0.0523. The van der Waals surface area contributed by atoms with E-state index in [-0.39, 0.29) is 24.1 Å². The van der Waals surface area contributed by atoms with Crippen molar-refractivity contribution >= 4 is 11.9 Å². The molecule has 0 saturated heterocycles. The summed E-state index contributed by atoms with van der Waals surface area (Å²) < 4.78 is 15.5. The Hall–Kier alpha value is -3.22. The summed E-state index contributed by atoms with van der Waals surface area (Å²) in [6.07, 6.45) is 0. The third kappa shape index (κ3) is 3.72. The van der Waals surface area contributed by atoms with E-state index in [0.29, 0.717) is 17.1 Å². The van der Waals surface area contributed by atoms with E-state index < -0.39 is 18.5 Å². The Morgan fingerprint density at radius 2 is 2.00 bits per heavy atom. The third-order valence-electron chi connectivity index (χ3n) is 4.07. The highest BCUT2D eigenvalue weighted by Crippen LogP contribution is 2.34. The minimum Gasteiger partial charge on any atom is -0.507 e. The Balaban J connectivity index is 1.55. The van der Waals surface area contributed by atoms with Gasteiger partial charge in [-0.3, -0.25) is 4.79 Å². The van der Waals surface area contributed by atoms with Gasteiger partial charge in [0.25, 0.3) is 5.91 Å². The fourth-order valence-electron chi connectivity index (χ4n) is 2.58. The van der Waals surface area contributed by atoms with Crippen LogP contribution in [0.1, 0.15) is 34.5 Å². The fourth-order valence-corrected chi connectivity index (χ4v) is 2.58. The second-order valence-corrected chi connectivity index (χ2v) is 5.95. The second-order valence-electron chi connectivity index (χ2n) is 5.95. The van der Waals surface area contributed by atoms with E-state index in [0.717, 1.165) is 5.56 Å². The molecule has 26 heavy (non-hydrogen) atoms. The van der Waals surface area contributed by atoms with E-state index in [1.807, 2.05) is 13.0 Å². The Labute approximate surface area is 150 Å². The highest BCUT2D eigenvalue weighted by Gasteiger charge is 2.19. The maximum absolute atomic E-state index is 12.0. The molecule has 1 amide bonds. The van der Waals surface area contributed by atoms with Crippen LogP contribution in [0, 0.1) is 6.92 Å². The Morgan fingerprint density at radius 3 is 2.81 bits per heavy atom. The molecule has 1 heterocycles. The van der Waals surface area contributed by atoms with Crippen molar-refractivity contribution in [2.45, 2.75) is 19.9 Å². The summed E-state index contributed by atoms with van der Waals surface area (Å²) >= 11 is 0. The molecule has 2 N–H and O–H groups in total. The largest absolute Gasteiger partial charge is 0.507 e. The minimum atomic E-state index is -0.753. The number of esters is 1. The number of ether oxygens (including phenoxy) is 3. The van der Waals surface area contributed by atoms with E-state index in [4.69, 9.17) is 14.2 Å². The Kier molecular flexibility index (Phi) is 4.97. The van der Waals surface area contributed by atoms with Gasteiger partial charge in [0.2, 0.25) is 6.79 Å². The van der Waals surface area contributed by atoms with Crippen molar-refractivity contribution in [1.29, 1.82) is 0 Å². The van der Waals surface area contributed by atoms with E-state index in [1.54, 1.807) is 31.2 Å². The van der Waals surface area contributed by atoms with Gasteiger partial charge in [-0.15, -0.1) is 0 Å². The summed E-state index contributed by atoms with van der Waals surface area (Å²) in [6.45, 7) is 3.22. The lowest BCUT2D eigenvalue weighted by Gasteiger charge is -2.15. The van der Waals surface area contributed by atoms with Crippen molar-refractivity contribution < 1.29 is 28.9 Å². The lowest BCUT2D eigenvalue weighted by Crippen LogP contribution is -2.31. The van der Waals surface area contributed by atoms with Gasteiger partial charge in [0.1, 0.15) is 11.3 Å². The van der Waals surface area contributed by atoms with Crippen molar-refractivity contribution in [1.82, 2.24) is 5.32 Å². The molecule has 1 aliphatic rings. The number of aryl methyl sites for hydroxylation is 1. The molecule has 0 spiro atoms. The highest BCUT2D eigenvalue weighted by molar-refractivity contribution is 5.94. The summed E-state index contributed by atoms with van der Waals surface area (Å²) in [6, 6.07) is 9.85. The Morgan fingerprint density at radius 1 is 1.23 bits per heavy atom. The van der Waals surface area contributed by atoms with E-state index in [9.17, 15) is 14.7 Å². The number of carbonyl (C=O) groups is 2. The van der Waals surface area contributed by atoms with Crippen molar-refractivity contribution in [3.63, 3.8) is 0 Å². The van der Waals surface area contributed by atoms with Crippen LogP contribution in [-0.4, -0.2) is 30.4 Å². The van der Waals surface area contributed by atoms with Crippen LogP contribution in [0.25, 0.3) is 0 Å². The fraction of sp³-hybridized carbons (Fsp3) is 0.263. The quantitative estimate of drug-likeness (QED) is 0.799. The molecule has 0 radical (unpaired) electrons. The van der Waals surface area contributed by atoms with Gasteiger partial charge in [-0.05, 0) is 43.2 Å². The van der Waals surface area contributed by atoms with Gasteiger partial charge in [-0.1, -0.05) is 18.2 Å². The highest BCUT2D eigenvalue weighted by atomic mass is 16.7. The van der Waals surface area contributed by atoms with Crippen LogP contribution in [0.5, 0.6) is 17.2 Å². The molecular weight excluding hydrogens is 338 g/mol. The number of nitrogens with one attached hydrogen (secondary N) is 1. The molecule has 3 rings (SSSR count). The molecule has 7 nitrogen and oxygen atoms in total. The standard InChI is InChI=1S/C19H19NO6/c1-11-4-3-5-14(18(11)22)19(23)24-9-17(21)20-12(2)13-6-7-15-16(8-13)26-10-25-15/h3-8,12,22H,9-10H2,1-2H3,(H,20,21)/t12-/m0/s1. The number of aromatic hydroxyl groups is 1. The number of para-hydroxylation sites is 1. The van der Waals surface area contributed by atoms with Crippen molar-refractivity contribution in [2.24, 2.45) is 0 Å². The number of rotatable bonds is 5. The van der Waals surface area contributed by atoms with Crippen molar-refractivity contribution in [2.75, 3.05) is 13.4 Å². The molecule has 0 fully saturated rings. The summed E-state index contributed by atoms with van der Waals surface area (Å²) in [5, 5.41) is 12.6. The SMILES string of the molecule is Cc1cccc(C(=O)OCC(=O)N[C@@H](C)c2ccc3c(c2)OCO3)c1O. The number of fused-ring (bicyclic) bond motifs is 1. The zero-order chi connectivity index (χ0) is 18.7. The van der Waals surface area contributed by atoms with Crippen molar-refractivity contribution in [3.05, 3.63) is 53.1 Å². The maximum atomic E-state index is 12.0. The van der Waals surface area contributed by atoms with Gasteiger partial charge in [-0.25, -0.2) is 4.79 Å². The predicted octanol–water partition coefficient (Wildman–Crippen LogP) is 2.46. The maximum Gasteiger partial charge on any atom is 0.342 e. The monoisotopic (exact) mass is 357 g/mol. The van der Waals surface area contributed by atoms with Gasteiger partial charge in [0, 0.05) is 0 Å². The number of hydrogen-bond acceptors (Lipinski definition) is 6. The minimum absolute atomic E-state index is 0.0293. The van der Waals surface area contributed by atoms with E-state index in [2.05, 4.69) is 5.32 Å². The second kappa shape index (κ2) is 7.35. The molecule has 2 aromatic rings. The zero-order valence-corrected chi connectivity index (χ0v) is 14.4. The van der Waals surface area contributed by atoms with Crippen LogP contribution in [-0.2, 0) is 9.53 Å². The lowest BCUT2D eigenvalue weighted by molar-refractivity contribution is -0.124. The molecule has 7 heteroatoms. The van der Waals surface area contributed by atoms with Gasteiger partial charge < -0.3 is 24.6 Å². The molecule has 2 aromatic carbocycles. The molecule has 0 saturated carbocycles. The molecule has 0 aliphatic carbocycles. The topological polar surface area (TPSA) is 94.1 Å². The van der Waals surface area contributed by atoms with Gasteiger partial charge in [0.15, 0.2) is 18.1 Å². The first kappa shape index (κ1) is 17.6. The average molecular weight is 357 g/mol. The first-order valence-electron chi connectivity index (χ1n) is 8.10. The molecule has 1 atom stereocenters. The molecule has 136 valence electrons. The molecule has 0 aromatic heterocycles. The number of hydrogen-bond donors (Lipinski definition) is 2. The van der Waals surface area contributed by atoms with Gasteiger partial charge in [-0.2, -0.15) is 0 Å².